The van der Waals surface area contributed by atoms with Crippen LogP contribution in [-0.2, 0) is 0 Å². The molecule has 0 aliphatic rings. The lowest BCUT2D eigenvalue weighted by Gasteiger charge is -2.07. The summed E-state index contributed by atoms with van der Waals surface area (Å²) < 4.78 is 0. The molecule has 0 bridgehead atoms. The van der Waals surface area contributed by atoms with Crippen molar-refractivity contribution in [2.75, 3.05) is 13.2 Å². The van der Waals surface area contributed by atoms with Gasteiger partial charge in [0.15, 0.2) is 0 Å². The van der Waals surface area contributed by atoms with Crippen molar-refractivity contribution in [2.24, 2.45) is 0 Å². The minimum absolute atomic E-state index is 0.0686. The molecular formula is C12H17NO2. The highest BCUT2D eigenvalue weighted by atomic mass is 16.3. The van der Waals surface area contributed by atoms with Gasteiger partial charge in [-0.05, 0) is 31.9 Å². The van der Waals surface area contributed by atoms with Crippen molar-refractivity contribution in [3.63, 3.8) is 0 Å². The number of carbonyl (C=O) groups is 1. The van der Waals surface area contributed by atoms with Crippen LogP contribution in [-0.4, -0.2) is 24.2 Å². The van der Waals surface area contributed by atoms with Gasteiger partial charge in [0.25, 0.3) is 5.91 Å². The third kappa shape index (κ3) is 3.36. The number of aliphatic hydroxyl groups is 1. The van der Waals surface area contributed by atoms with E-state index in [0.717, 1.165) is 11.1 Å². The van der Waals surface area contributed by atoms with Crippen LogP contribution in [0.25, 0.3) is 0 Å². The molecule has 0 fully saturated rings. The zero-order valence-electron chi connectivity index (χ0n) is 9.21. The molecule has 0 aliphatic heterocycles. The molecule has 0 aliphatic carbocycles. The van der Waals surface area contributed by atoms with Crippen LogP contribution in [0.2, 0.25) is 0 Å². The Morgan fingerprint density at radius 2 is 2.13 bits per heavy atom. The molecule has 2 N–H and O–H groups in total. The monoisotopic (exact) mass is 207 g/mol. The molecule has 82 valence electrons. The van der Waals surface area contributed by atoms with Gasteiger partial charge in [-0.2, -0.15) is 0 Å². The Kier molecular flexibility index (Phi) is 4.31. The van der Waals surface area contributed by atoms with Gasteiger partial charge in [0.05, 0.1) is 0 Å². The molecule has 3 nitrogen and oxygen atoms in total. The standard InChI is InChI=1S/C12H17NO2/c1-9-4-5-11(10(2)8-9)12(15)13-6-3-7-14/h4-5,8,14H,3,6-7H2,1-2H3,(H,13,15). The number of aliphatic hydroxyl groups excluding tert-OH is 1. The fourth-order valence-corrected chi connectivity index (χ4v) is 1.44. The number of rotatable bonds is 4. The molecule has 3 heteroatoms. The van der Waals surface area contributed by atoms with E-state index in [2.05, 4.69) is 5.32 Å². The summed E-state index contributed by atoms with van der Waals surface area (Å²) in [5.41, 5.74) is 2.84. The molecule has 0 saturated heterocycles. The number of benzene rings is 1. The predicted octanol–water partition coefficient (Wildman–Crippen LogP) is 1.42. The summed E-state index contributed by atoms with van der Waals surface area (Å²) >= 11 is 0. The number of hydrogen-bond acceptors (Lipinski definition) is 2. The number of hydrogen-bond donors (Lipinski definition) is 2. The van der Waals surface area contributed by atoms with E-state index in [-0.39, 0.29) is 12.5 Å². The Hall–Kier alpha value is -1.35. The van der Waals surface area contributed by atoms with Gasteiger partial charge in [-0.1, -0.05) is 17.7 Å². The molecule has 1 amide bonds. The van der Waals surface area contributed by atoms with Crippen LogP contribution in [0.3, 0.4) is 0 Å². The topological polar surface area (TPSA) is 49.3 Å². The van der Waals surface area contributed by atoms with Crippen molar-refractivity contribution in [2.45, 2.75) is 20.3 Å². The maximum atomic E-state index is 11.7. The Labute approximate surface area is 90.1 Å². The summed E-state index contributed by atoms with van der Waals surface area (Å²) in [7, 11) is 0. The SMILES string of the molecule is Cc1ccc(C(=O)NCCCO)c(C)c1. The molecule has 15 heavy (non-hydrogen) atoms. The summed E-state index contributed by atoms with van der Waals surface area (Å²) in [6.45, 7) is 4.55. The van der Waals surface area contributed by atoms with E-state index in [1.807, 2.05) is 32.0 Å². The average molecular weight is 207 g/mol. The van der Waals surface area contributed by atoms with Crippen LogP contribution >= 0.6 is 0 Å². The van der Waals surface area contributed by atoms with Gasteiger partial charge in [0.1, 0.15) is 0 Å². The molecule has 0 radical (unpaired) electrons. The number of nitrogens with one attached hydrogen (secondary N) is 1. The van der Waals surface area contributed by atoms with Gasteiger partial charge < -0.3 is 10.4 Å². The van der Waals surface area contributed by atoms with E-state index >= 15 is 0 Å². The molecule has 0 aromatic heterocycles. The van der Waals surface area contributed by atoms with Gasteiger partial charge >= 0.3 is 0 Å². The molecule has 1 rings (SSSR count). The highest BCUT2D eigenvalue weighted by Crippen LogP contribution is 2.10. The summed E-state index contributed by atoms with van der Waals surface area (Å²) in [5.74, 6) is -0.0686. The first-order valence-corrected chi connectivity index (χ1v) is 5.11. The van der Waals surface area contributed by atoms with Gasteiger partial charge in [-0.25, -0.2) is 0 Å². The van der Waals surface area contributed by atoms with Gasteiger partial charge in [0.2, 0.25) is 0 Å². The fraction of sp³-hybridized carbons (Fsp3) is 0.417. The fourth-order valence-electron chi connectivity index (χ4n) is 1.44. The molecule has 0 saturated carbocycles. The zero-order chi connectivity index (χ0) is 11.3. The molecule has 0 heterocycles. The van der Waals surface area contributed by atoms with Crippen LogP contribution in [0.15, 0.2) is 18.2 Å². The van der Waals surface area contributed by atoms with Crippen LogP contribution in [0.5, 0.6) is 0 Å². The van der Waals surface area contributed by atoms with E-state index in [1.54, 1.807) is 0 Å². The number of carbonyl (C=O) groups excluding carboxylic acids is 1. The molecule has 0 atom stereocenters. The zero-order valence-corrected chi connectivity index (χ0v) is 9.21. The Balaban J connectivity index is 2.65. The van der Waals surface area contributed by atoms with E-state index in [1.165, 1.54) is 0 Å². The first-order valence-electron chi connectivity index (χ1n) is 5.11. The lowest BCUT2D eigenvalue weighted by Crippen LogP contribution is -2.25. The Morgan fingerprint density at radius 3 is 2.73 bits per heavy atom. The minimum Gasteiger partial charge on any atom is -0.396 e. The van der Waals surface area contributed by atoms with Gasteiger partial charge in [-0.3, -0.25) is 4.79 Å². The highest BCUT2D eigenvalue weighted by Gasteiger charge is 2.07. The van der Waals surface area contributed by atoms with E-state index in [0.29, 0.717) is 18.5 Å². The van der Waals surface area contributed by atoms with Crippen molar-refractivity contribution in [3.05, 3.63) is 34.9 Å². The third-order valence-electron chi connectivity index (χ3n) is 2.25. The van der Waals surface area contributed by atoms with E-state index in [9.17, 15) is 4.79 Å². The van der Waals surface area contributed by atoms with Gasteiger partial charge in [-0.15, -0.1) is 0 Å². The number of aryl methyl sites for hydroxylation is 2. The molecular weight excluding hydrogens is 190 g/mol. The van der Waals surface area contributed by atoms with Crippen molar-refractivity contribution < 1.29 is 9.90 Å². The van der Waals surface area contributed by atoms with Crippen LogP contribution in [0, 0.1) is 13.8 Å². The van der Waals surface area contributed by atoms with Crippen LogP contribution in [0.1, 0.15) is 27.9 Å². The Bertz CT molecular complexity index is 347. The molecule has 1 aromatic rings. The maximum Gasteiger partial charge on any atom is 0.251 e. The first kappa shape index (κ1) is 11.7. The average Bonchev–Trinajstić information content (AvgIpc) is 2.17. The van der Waals surface area contributed by atoms with Crippen molar-refractivity contribution in [1.82, 2.24) is 5.32 Å². The van der Waals surface area contributed by atoms with Crippen molar-refractivity contribution >= 4 is 5.91 Å². The second-order valence-electron chi connectivity index (χ2n) is 3.65. The van der Waals surface area contributed by atoms with Gasteiger partial charge in [0, 0.05) is 18.7 Å². The maximum absolute atomic E-state index is 11.7. The summed E-state index contributed by atoms with van der Waals surface area (Å²) in [6.07, 6.45) is 0.594. The van der Waals surface area contributed by atoms with Crippen LogP contribution in [0.4, 0.5) is 0 Å². The quantitative estimate of drug-likeness (QED) is 0.733. The lowest BCUT2D eigenvalue weighted by molar-refractivity contribution is 0.0950. The molecule has 0 spiro atoms. The summed E-state index contributed by atoms with van der Waals surface area (Å²) in [6, 6.07) is 5.74. The third-order valence-corrected chi connectivity index (χ3v) is 2.25. The van der Waals surface area contributed by atoms with E-state index in [4.69, 9.17) is 5.11 Å². The second kappa shape index (κ2) is 5.51. The lowest BCUT2D eigenvalue weighted by atomic mass is 10.1. The molecule has 0 unspecified atom stereocenters. The minimum atomic E-state index is -0.0686. The second-order valence-corrected chi connectivity index (χ2v) is 3.65. The number of amides is 1. The van der Waals surface area contributed by atoms with Crippen molar-refractivity contribution in [1.29, 1.82) is 0 Å². The van der Waals surface area contributed by atoms with E-state index < -0.39 is 0 Å². The highest BCUT2D eigenvalue weighted by molar-refractivity contribution is 5.95. The molecule has 1 aromatic carbocycles. The van der Waals surface area contributed by atoms with Crippen LogP contribution < -0.4 is 5.32 Å². The predicted molar refractivity (Wildman–Crippen MR) is 60.0 cm³/mol. The summed E-state index contributed by atoms with van der Waals surface area (Å²) in [5, 5.41) is 11.4. The van der Waals surface area contributed by atoms with Crippen molar-refractivity contribution in [3.8, 4) is 0 Å². The summed E-state index contributed by atoms with van der Waals surface area (Å²) in [4.78, 5) is 11.7. The largest absolute Gasteiger partial charge is 0.396 e. The normalized spacial score (nSPS) is 10.1. The first-order chi connectivity index (χ1) is 7.15. The smallest absolute Gasteiger partial charge is 0.251 e. The Morgan fingerprint density at radius 1 is 1.40 bits per heavy atom.